The van der Waals surface area contributed by atoms with E-state index in [1.807, 2.05) is 26.0 Å². The first kappa shape index (κ1) is 11.8. The molecule has 0 radical (unpaired) electrons. The van der Waals surface area contributed by atoms with Gasteiger partial charge in [0.05, 0.1) is 5.56 Å². The van der Waals surface area contributed by atoms with Gasteiger partial charge in [-0.25, -0.2) is 0 Å². The van der Waals surface area contributed by atoms with Gasteiger partial charge in [0.2, 0.25) is 5.12 Å². The second-order valence-corrected chi connectivity index (χ2v) is 5.31. The van der Waals surface area contributed by atoms with Crippen LogP contribution >= 0.6 is 34.4 Å². The van der Waals surface area contributed by atoms with Crippen molar-refractivity contribution in [1.82, 2.24) is 0 Å². The predicted molar refractivity (Wildman–Crippen MR) is 70.8 cm³/mol. The molecule has 0 amide bonds. The number of anilines is 1. The summed E-state index contributed by atoms with van der Waals surface area (Å²) in [5.41, 5.74) is 8.09. The molecule has 0 aromatic heterocycles. The fourth-order valence-electron chi connectivity index (χ4n) is 1.08. The van der Waals surface area contributed by atoms with Gasteiger partial charge in [-0.2, -0.15) is 0 Å². The summed E-state index contributed by atoms with van der Waals surface area (Å²) in [6, 6.07) is 3.71. The van der Waals surface area contributed by atoms with E-state index in [1.54, 1.807) is 0 Å². The summed E-state index contributed by atoms with van der Waals surface area (Å²) in [6.45, 7) is 3.94. The summed E-state index contributed by atoms with van der Waals surface area (Å²) >= 11 is 3.51. The molecule has 0 saturated heterocycles. The summed E-state index contributed by atoms with van der Waals surface area (Å²) in [4.78, 5) is 11.6. The smallest absolute Gasteiger partial charge is 0.221 e. The van der Waals surface area contributed by atoms with Crippen molar-refractivity contribution >= 4 is 45.2 Å². The molecule has 0 aliphatic heterocycles. The molecular formula is C10H12INOS. The Balaban J connectivity index is 3.09. The number of thioether (sulfide) groups is 1. The van der Waals surface area contributed by atoms with Gasteiger partial charge in [-0.1, -0.05) is 18.7 Å². The van der Waals surface area contributed by atoms with Gasteiger partial charge in [0, 0.05) is 9.26 Å². The van der Waals surface area contributed by atoms with Gasteiger partial charge in [-0.3, -0.25) is 4.79 Å². The normalized spacial score (nSPS) is 10.2. The Morgan fingerprint density at radius 1 is 1.57 bits per heavy atom. The van der Waals surface area contributed by atoms with E-state index in [4.69, 9.17) is 5.73 Å². The van der Waals surface area contributed by atoms with Crippen LogP contribution in [0.4, 0.5) is 5.69 Å². The van der Waals surface area contributed by atoms with Crippen molar-refractivity contribution in [3.63, 3.8) is 0 Å². The molecule has 2 nitrogen and oxygen atoms in total. The molecule has 0 unspecified atom stereocenters. The van der Waals surface area contributed by atoms with E-state index < -0.39 is 0 Å². The Hall–Kier alpha value is -0.230. The summed E-state index contributed by atoms with van der Waals surface area (Å²) in [5.74, 6) is 0.781. The maximum Gasteiger partial charge on any atom is 0.221 e. The minimum absolute atomic E-state index is 0.0597. The van der Waals surface area contributed by atoms with Crippen molar-refractivity contribution in [1.29, 1.82) is 0 Å². The molecule has 76 valence electrons. The number of halogens is 1. The molecule has 1 aromatic rings. The number of aryl methyl sites for hydroxylation is 1. The molecule has 1 rings (SSSR count). The molecule has 4 heteroatoms. The van der Waals surface area contributed by atoms with Crippen LogP contribution in [0.5, 0.6) is 0 Å². The quantitative estimate of drug-likeness (QED) is 0.672. The van der Waals surface area contributed by atoms with Gasteiger partial charge in [-0.15, -0.1) is 0 Å². The van der Waals surface area contributed by atoms with Crippen LogP contribution in [-0.4, -0.2) is 10.9 Å². The number of nitrogen functional groups attached to an aromatic ring is 1. The summed E-state index contributed by atoms with van der Waals surface area (Å²) in [6.07, 6.45) is 0. The number of carbonyl (C=O) groups excluding carboxylic acids is 1. The Morgan fingerprint density at radius 2 is 2.21 bits per heavy atom. The molecule has 0 spiro atoms. The Bertz CT molecular complexity index is 365. The van der Waals surface area contributed by atoms with Crippen molar-refractivity contribution < 1.29 is 4.79 Å². The van der Waals surface area contributed by atoms with Gasteiger partial charge in [0.1, 0.15) is 0 Å². The molecular weight excluding hydrogens is 309 g/mol. The van der Waals surface area contributed by atoms with Crippen LogP contribution in [0.2, 0.25) is 0 Å². The van der Waals surface area contributed by atoms with Crippen LogP contribution in [0.1, 0.15) is 22.8 Å². The number of benzene rings is 1. The molecule has 0 saturated carbocycles. The highest BCUT2D eigenvalue weighted by atomic mass is 127. The summed E-state index contributed by atoms with van der Waals surface area (Å²) in [5, 5.41) is 0.0597. The minimum Gasteiger partial charge on any atom is -0.398 e. The van der Waals surface area contributed by atoms with E-state index in [-0.39, 0.29) is 5.12 Å². The second-order valence-electron chi connectivity index (χ2n) is 2.91. The molecule has 1 aromatic carbocycles. The summed E-state index contributed by atoms with van der Waals surface area (Å²) < 4.78 is 1.10. The van der Waals surface area contributed by atoms with Gasteiger partial charge in [0.25, 0.3) is 0 Å². The van der Waals surface area contributed by atoms with Crippen molar-refractivity contribution in [3.05, 3.63) is 26.8 Å². The fourth-order valence-corrected chi connectivity index (χ4v) is 2.17. The maximum atomic E-state index is 11.6. The molecule has 14 heavy (non-hydrogen) atoms. The van der Waals surface area contributed by atoms with Crippen LogP contribution in [0.3, 0.4) is 0 Å². The largest absolute Gasteiger partial charge is 0.398 e. The standard InChI is InChI=1S/C10H12INOS/c1-3-14-10(13)7-4-6(2)8(11)5-9(7)12/h4-5H,3,12H2,1-2H3. The lowest BCUT2D eigenvalue weighted by Crippen LogP contribution is -2.02. The topological polar surface area (TPSA) is 43.1 Å². The highest BCUT2D eigenvalue weighted by molar-refractivity contribution is 14.1. The number of hydrogen-bond acceptors (Lipinski definition) is 3. The monoisotopic (exact) mass is 321 g/mol. The number of hydrogen-bond donors (Lipinski definition) is 1. The average Bonchev–Trinajstić information content (AvgIpc) is 2.11. The van der Waals surface area contributed by atoms with E-state index in [0.29, 0.717) is 11.3 Å². The zero-order chi connectivity index (χ0) is 10.7. The first-order valence-electron chi connectivity index (χ1n) is 4.29. The zero-order valence-corrected chi connectivity index (χ0v) is 11.1. The van der Waals surface area contributed by atoms with Gasteiger partial charge in [0.15, 0.2) is 0 Å². The van der Waals surface area contributed by atoms with Crippen LogP contribution in [0.25, 0.3) is 0 Å². The lowest BCUT2D eigenvalue weighted by atomic mass is 10.1. The van der Waals surface area contributed by atoms with Crippen molar-refractivity contribution in [2.24, 2.45) is 0 Å². The highest BCUT2D eigenvalue weighted by Gasteiger charge is 2.11. The molecule has 0 fully saturated rings. The second kappa shape index (κ2) is 5.02. The van der Waals surface area contributed by atoms with E-state index in [9.17, 15) is 4.79 Å². The Labute approximate surface area is 102 Å². The van der Waals surface area contributed by atoms with Crippen molar-refractivity contribution in [2.45, 2.75) is 13.8 Å². The van der Waals surface area contributed by atoms with E-state index >= 15 is 0 Å². The van der Waals surface area contributed by atoms with Crippen molar-refractivity contribution in [2.75, 3.05) is 11.5 Å². The van der Waals surface area contributed by atoms with E-state index in [2.05, 4.69) is 22.6 Å². The molecule has 0 heterocycles. The van der Waals surface area contributed by atoms with Crippen LogP contribution in [-0.2, 0) is 0 Å². The number of rotatable bonds is 2. The van der Waals surface area contributed by atoms with Crippen molar-refractivity contribution in [3.8, 4) is 0 Å². The van der Waals surface area contributed by atoms with E-state index in [1.165, 1.54) is 11.8 Å². The molecule has 2 N–H and O–H groups in total. The maximum absolute atomic E-state index is 11.6. The van der Waals surface area contributed by atoms with Crippen LogP contribution in [0, 0.1) is 10.5 Å². The zero-order valence-electron chi connectivity index (χ0n) is 8.13. The molecule has 0 atom stereocenters. The van der Waals surface area contributed by atoms with Gasteiger partial charge < -0.3 is 5.73 Å². The molecule has 0 bridgehead atoms. The number of carbonyl (C=O) groups is 1. The van der Waals surface area contributed by atoms with Gasteiger partial charge >= 0.3 is 0 Å². The first-order chi connectivity index (χ1) is 6.56. The third kappa shape index (κ3) is 2.63. The summed E-state index contributed by atoms with van der Waals surface area (Å²) in [7, 11) is 0. The number of nitrogens with two attached hydrogens (primary N) is 1. The fraction of sp³-hybridized carbons (Fsp3) is 0.300. The Kier molecular flexibility index (Phi) is 4.25. The van der Waals surface area contributed by atoms with Crippen LogP contribution < -0.4 is 5.73 Å². The lowest BCUT2D eigenvalue weighted by Gasteiger charge is -2.06. The SMILES string of the molecule is CCSC(=O)c1cc(C)c(I)cc1N. The third-order valence-corrected chi connectivity index (χ3v) is 3.76. The van der Waals surface area contributed by atoms with Crippen LogP contribution in [0.15, 0.2) is 12.1 Å². The third-order valence-electron chi connectivity index (χ3n) is 1.83. The molecule has 0 aliphatic rings. The lowest BCUT2D eigenvalue weighted by molar-refractivity contribution is 0.109. The first-order valence-corrected chi connectivity index (χ1v) is 6.35. The average molecular weight is 321 g/mol. The highest BCUT2D eigenvalue weighted by Crippen LogP contribution is 2.23. The van der Waals surface area contributed by atoms with Gasteiger partial charge in [-0.05, 0) is 53.0 Å². The predicted octanol–water partition coefficient (Wildman–Crippen LogP) is 3.08. The minimum atomic E-state index is 0.0597. The molecule has 0 aliphatic carbocycles. The Morgan fingerprint density at radius 3 is 2.79 bits per heavy atom. The van der Waals surface area contributed by atoms with E-state index in [0.717, 1.165) is 14.9 Å².